The van der Waals surface area contributed by atoms with Crippen LogP contribution in [0.3, 0.4) is 0 Å². The summed E-state index contributed by atoms with van der Waals surface area (Å²) in [6.07, 6.45) is 0. The van der Waals surface area contributed by atoms with Gasteiger partial charge in [-0.25, -0.2) is 13.1 Å². The fourth-order valence-corrected chi connectivity index (χ4v) is 4.14. The summed E-state index contributed by atoms with van der Waals surface area (Å²) in [5.41, 5.74) is 0.852. The summed E-state index contributed by atoms with van der Waals surface area (Å²) in [5, 5.41) is 0.620. The van der Waals surface area contributed by atoms with Crippen LogP contribution in [0.5, 0.6) is 0 Å². The Morgan fingerprint density at radius 1 is 1.10 bits per heavy atom. The zero-order valence-electron chi connectivity index (χ0n) is 10.7. The van der Waals surface area contributed by atoms with Crippen molar-refractivity contribution < 1.29 is 8.42 Å². The number of nitrogens with one attached hydrogen (secondary N) is 1. The van der Waals surface area contributed by atoms with Gasteiger partial charge in [-0.3, -0.25) is 0 Å². The van der Waals surface area contributed by atoms with Crippen LogP contribution >= 0.6 is 27.5 Å². The van der Waals surface area contributed by atoms with Crippen LogP contribution in [0, 0.1) is 0 Å². The van der Waals surface area contributed by atoms with Crippen LogP contribution in [0.25, 0.3) is 0 Å². The number of halogens is 2. The predicted octanol–water partition coefficient (Wildman–Crippen LogP) is 4.14. The molecule has 0 saturated carbocycles. The van der Waals surface area contributed by atoms with E-state index in [0.29, 0.717) is 9.50 Å². The molecule has 0 aliphatic rings. The lowest BCUT2D eigenvalue weighted by atomic mass is 10.1. The second-order valence-corrected chi connectivity index (χ2v) is 7.30. The molecule has 1 atom stereocenters. The number of hydrogen-bond acceptors (Lipinski definition) is 2. The van der Waals surface area contributed by atoms with Gasteiger partial charge >= 0.3 is 0 Å². The van der Waals surface area contributed by atoms with E-state index >= 15 is 0 Å². The second kappa shape index (κ2) is 6.26. The molecule has 6 heteroatoms. The molecule has 0 saturated heterocycles. The Hall–Kier alpha value is -0.880. The number of sulfonamides is 1. The van der Waals surface area contributed by atoms with Gasteiger partial charge in [-0.2, -0.15) is 0 Å². The minimum atomic E-state index is -3.58. The molecule has 20 heavy (non-hydrogen) atoms. The Morgan fingerprint density at radius 2 is 1.70 bits per heavy atom. The molecule has 2 rings (SSSR count). The molecular weight excluding hydrogens is 362 g/mol. The largest absolute Gasteiger partial charge is 0.242 e. The van der Waals surface area contributed by atoms with Crippen molar-refractivity contribution in [3.05, 3.63) is 63.6 Å². The Labute approximate surface area is 132 Å². The molecule has 0 aliphatic heterocycles. The fourth-order valence-electron chi connectivity index (χ4n) is 1.78. The zero-order valence-corrected chi connectivity index (χ0v) is 13.8. The predicted molar refractivity (Wildman–Crippen MR) is 84.3 cm³/mol. The molecule has 0 fully saturated rings. The van der Waals surface area contributed by atoms with Gasteiger partial charge in [0.25, 0.3) is 0 Å². The van der Waals surface area contributed by atoms with Crippen LogP contribution in [-0.4, -0.2) is 8.42 Å². The summed E-state index contributed by atoms with van der Waals surface area (Å²) in [5.74, 6) is 0. The van der Waals surface area contributed by atoms with Crippen LogP contribution in [0.4, 0.5) is 0 Å². The lowest BCUT2D eigenvalue weighted by Crippen LogP contribution is -2.27. The molecule has 0 radical (unpaired) electrons. The molecule has 1 unspecified atom stereocenters. The Bertz CT molecular complexity index is 701. The van der Waals surface area contributed by atoms with Gasteiger partial charge in [-0.05, 0) is 52.7 Å². The first-order valence-electron chi connectivity index (χ1n) is 5.92. The summed E-state index contributed by atoms with van der Waals surface area (Å²) in [6, 6.07) is 13.4. The third-order valence-corrected chi connectivity index (χ3v) is 5.63. The van der Waals surface area contributed by atoms with Crippen LogP contribution in [-0.2, 0) is 10.0 Å². The molecule has 0 spiro atoms. The third-order valence-electron chi connectivity index (χ3n) is 2.83. The topological polar surface area (TPSA) is 46.2 Å². The maximum Gasteiger partial charge on any atom is 0.242 e. The van der Waals surface area contributed by atoms with E-state index in [4.69, 9.17) is 11.6 Å². The van der Waals surface area contributed by atoms with Crippen molar-refractivity contribution in [2.24, 2.45) is 0 Å². The van der Waals surface area contributed by atoms with Gasteiger partial charge in [0.15, 0.2) is 0 Å². The maximum absolute atomic E-state index is 12.3. The van der Waals surface area contributed by atoms with E-state index in [1.54, 1.807) is 55.5 Å². The molecule has 0 aliphatic carbocycles. The zero-order chi connectivity index (χ0) is 14.8. The Balaban J connectivity index is 2.24. The number of hydrogen-bond donors (Lipinski definition) is 1. The van der Waals surface area contributed by atoms with Gasteiger partial charge in [-0.1, -0.05) is 35.9 Å². The lowest BCUT2D eigenvalue weighted by molar-refractivity contribution is 0.566. The highest BCUT2D eigenvalue weighted by molar-refractivity contribution is 9.10. The third kappa shape index (κ3) is 3.61. The van der Waals surface area contributed by atoms with E-state index in [2.05, 4.69) is 20.7 Å². The van der Waals surface area contributed by atoms with E-state index in [1.807, 2.05) is 0 Å². The molecule has 0 amide bonds. The van der Waals surface area contributed by atoms with Crippen molar-refractivity contribution in [3.63, 3.8) is 0 Å². The van der Waals surface area contributed by atoms with Gasteiger partial charge in [0.1, 0.15) is 0 Å². The molecular formula is C14H13BrClNO2S. The molecule has 0 heterocycles. The minimum absolute atomic E-state index is 0.223. The summed E-state index contributed by atoms with van der Waals surface area (Å²) in [4.78, 5) is 0.223. The van der Waals surface area contributed by atoms with Crippen molar-refractivity contribution in [3.8, 4) is 0 Å². The highest BCUT2D eigenvalue weighted by atomic mass is 79.9. The lowest BCUT2D eigenvalue weighted by Gasteiger charge is -2.15. The first-order valence-corrected chi connectivity index (χ1v) is 8.58. The van der Waals surface area contributed by atoms with Gasteiger partial charge in [0.05, 0.1) is 4.90 Å². The smallest absolute Gasteiger partial charge is 0.207 e. The minimum Gasteiger partial charge on any atom is -0.207 e. The molecule has 106 valence electrons. The number of benzene rings is 2. The van der Waals surface area contributed by atoms with Crippen LogP contribution in [0.1, 0.15) is 18.5 Å². The Kier molecular flexibility index (Phi) is 4.86. The van der Waals surface area contributed by atoms with Crippen molar-refractivity contribution >= 4 is 37.6 Å². The quantitative estimate of drug-likeness (QED) is 0.874. The van der Waals surface area contributed by atoms with Crippen molar-refractivity contribution in [1.29, 1.82) is 0 Å². The van der Waals surface area contributed by atoms with Gasteiger partial charge in [-0.15, -0.1) is 0 Å². The van der Waals surface area contributed by atoms with E-state index in [-0.39, 0.29) is 10.9 Å². The van der Waals surface area contributed by atoms with E-state index in [9.17, 15) is 8.42 Å². The standard InChI is InChI=1S/C14H13BrClNO2S/c1-10(11-6-8-12(16)9-7-11)17-20(18,19)14-5-3-2-4-13(14)15/h2-10,17H,1H3. The molecule has 2 aromatic carbocycles. The fraction of sp³-hybridized carbons (Fsp3) is 0.143. The summed E-state index contributed by atoms with van der Waals surface area (Å²) in [7, 11) is -3.58. The maximum atomic E-state index is 12.3. The molecule has 0 bridgehead atoms. The highest BCUT2D eigenvalue weighted by Crippen LogP contribution is 2.24. The van der Waals surface area contributed by atoms with E-state index in [0.717, 1.165) is 5.56 Å². The van der Waals surface area contributed by atoms with Crippen molar-refractivity contribution in [2.75, 3.05) is 0 Å². The van der Waals surface area contributed by atoms with E-state index < -0.39 is 10.0 Å². The van der Waals surface area contributed by atoms with E-state index in [1.165, 1.54) is 0 Å². The summed E-state index contributed by atoms with van der Waals surface area (Å²) < 4.78 is 27.9. The van der Waals surface area contributed by atoms with Crippen LogP contribution < -0.4 is 4.72 Å². The summed E-state index contributed by atoms with van der Waals surface area (Å²) >= 11 is 9.07. The van der Waals surface area contributed by atoms with Crippen LogP contribution in [0.15, 0.2) is 57.9 Å². The van der Waals surface area contributed by atoms with Gasteiger partial charge in [0, 0.05) is 15.5 Å². The summed E-state index contributed by atoms with van der Waals surface area (Å²) in [6.45, 7) is 1.79. The second-order valence-electron chi connectivity index (χ2n) is 4.32. The monoisotopic (exact) mass is 373 g/mol. The average molecular weight is 375 g/mol. The molecule has 2 aromatic rings. The SMILES string of the molecule is CC(NS(=O)(=O)c1ccccc1Br)c1ccc(Cl)cc1. The average Bonchev–Trinajstić information content (AvgIpc) is 2.39. The normalized spacial score (nSPS) is 13.2. The molecule has 0 aromatic heterocycles. The first-order chi connectivity index (χ1) is 9.40. The first kappa shape index (κ1) is 15.5. The molecule has 3 nitrogen and oxygen atoms in total. The van der Waals surface area contributed by atoms with Crippen LogP contribution in [0.2, 0.25) is 5.02 Å². The van der Waals surface area contributed by atoms with Crippen molar-refractivity contribution in [1.82, 2.24) is 4.72 Å². The van der Waals surface area contributed by atoms with Crippen molar-refractivity contribution in [2.45, 2.75) is 17.9 Å². The Morgan fingerprint density at radius 3 is 2.30 bits per heavy atom. The van der Waals surface area contributed by atoms with Gasteiger partial charge < -0.3 is 0 Å². The van der Waals surface area contributed by atoms with Gasteiger partial charge in [0.2, 0.25) is 10.0 Å². The highest BCUT2D eigenvalue weighted by Gasteiger charge is 2.20. The molecule has 1 N–H and O–H groups in total. The number of rotatable bonds is 4.